The van der Waals surface area contributed by atoms with Gasteiger partial charge in [0.25, 0.3) is 0 Å². The van der Waals surface area contributed by atoms with Gasteiger partial charge in [-0.2, -0.15) is 0 Å². The molecule has 1 aliphatic carbocycles. The number of rotatable bonds is 6. The van der Waals surface area contributed by atoms with Crippen molar-refractivity contribution in [3.05, 3.63) is 29.8 Å². The molecule has 106 valence electrons. The Balaban J connectivity index is 1.74. The molecule has 2 N–H and O–H groups in total. The van der Waals surface area contributed by atoms with E-state index >= 15 is 0 Å². The van der Waals surface area contributed by atoms with Crippen LogP contribution in [0, 0.1) is 5.92 Å². The van der Waals surface area contributed by atoms with Gasteiger partial charge in [-0.15, -0.1) is 0 Å². The minimum atomic E-state index is -0.456. The summed E-state index contributed by atoms with van der Waals surface area (Å²) in [6.07, 6.45) is 5.13. The number of aliphatic hydroxyl groups excluding tert-OH is 2. The van der Waals surface area contributed by atoms with E-state index in [0.29, 0.717) is 12.5 Å². The summed E-state index contributed by atoms with van der Waals surface area (Å²) in [5.74, 6) is 1.42. The van der Waals surface area contributed by atoms with Crippen molar-refractivity contribution < 1.29 is 14.9 Å². The lowest BCUT2D eigenvalue weighted by molar-refractivity contribution is 0.0855. The van der Waals surface area contributed by atoms with Crippen LogP contribution in [0.3, 0.4) is 0 Å². The van der Waals surface area contributed by atoms with Crippen LogP contribution >= 0.6 is 0 Å². The maximum Gasteiger partial charge on any atom is 0.119 e. The minimum absolute atomic E-state index is 0.352. The zero-order valence-electron chi connectivity index (χ0n) is 11.6. The molecule has 0 bridgehead atoms. The van der Waals surface area contributed by atoms with Gasteiger partial charge in [0.1, 0.15) is 12.4 Å². The summed E-state index contributed by atoms with van der Waals surface area (Å²) in [6.45, 7) is 2.09. The standard InChI is InChI=1S/C16H24O3/c1-12(17)14-6-8-16(9-7-14)19-11-15(18)10-13-4-2-3-5-13/h6-9,12-13,15,17-18H,2-5,10-11H2,1H3/t12-,15?/m0/s1. The van der Waals surface area contributed by atoms with Gasteiger partial charge in [-0.3, -0.25) is 0 Å². The fraction of sp³-hybridized carbons (Fsp3) is 0.625. The van der Waals surface area contributed by atoms with Crippen LogP contribution in [-0.2, 0) is 0 Å². The summed E-state index contributed by atoms with van der Waals surface area (Å²) in [5.41, 5.74) is 0.874. The van der Waals surface area contributed by atoms with Crippen LogP contribution in [0.5, 0.6) is 5.75 Å². The second kappa shape index (κ2) is 6.92. The molecule has 1 unspecified atom stereocenters. The zero-order valence-corrected chi connectivity index (χ0v) is 11.6. The molecule has 1 fully saturated rings. The number of ether oxygens (including phenoxy) is 1. The summed E-state index contributed by atoms with van der Waals surface area (Å²) in [7, 11) is 0. The molecule has 3 nitrogen and oxygen atoms in total. The fourth-order valence-corrected chi connectivity index (χ4v) is 2.73. The highest BCUT2D eigenvalue weighted by Gasteiger charge is 2.19. The third-order valence-corrected chi connectivity index (χ3v) is 3.89. The maximum atomic E-state index is 9.95. The Kier molecular flexibility index (Phi) is 5.23. The van der Waals surface area contributed by atoms with E-state index < -0.39 is 6.10 Å². The van der Waals surface area contributed by atoms with Crippen LogP contribution in [0.1, 0.15) is 50.7 Å². The summed E-state index contributed by atoms with van der Waals surface area (Å²) in [5, 5.41) is 19.4. The van der Waals surface area contributed by atoms with Crippen LogP contribution in [0.15, 0.2) is 24.3 Å². The van der Waals surface area contributed by atoms with E-state index in [1.54, 1.807) is 6.92 Å². The topological polar surface area (TPSA) is 49.7 Å². The summed E-state index contributed by atoms with van der Waals surface area (Å²) in [4.78, 5) is 0. The first-order valence-electron chi connectivity index (χ1n) is 7.24. The smallest absolute Gasteiger partial charge is 0.119 e. The normalized spacial score (nSPS) is 19.3. The van der Waals surface area contributed by atoms with E-state index in [9.17, 15) is 10.2 Å². The highest BCUT2D eigenvalue weighted by atomic mass is 16.5. The molecule has 0 aromatic heterocycles. The van der Waals surface area contributed by atoms with Crippen molar-refractivity contribution in [2.45, 2.75) is 51.2 Å². The first-order valence-corrected chi connectivity index (χ1v) is 7.24. The molecule has 1 aliphatic rings. The van der Waals surface area contributed by atoms with Gasteiger partial charge in [-0.05, 0) is 37.0 Å². The highest BCUT2D eigenvalue weighted by molar-refractivity contribution is 5.28. The van der Waals surface area contributed by atoms with E-state index in [0.717, 1.165) is 17.7 Å². The van der Waals surface area contributed by atoms with E-state index in [2.05, 4.69) is 0 Å². The average molecular weight is 264 g/mol. The number of hydrogen-bond acceptors (Lipinski definition) is 3. The van der Waals surface area contributed by atoms with Crippen molar-refractivity contribution in [1.29, 1.82) is 0 Å². The Morgan fingerprint density at radius 3 is 2.37 bits per heavy atom. The summed E-state index contributed by atoms with van der Waals surface area (Å²) >= 11 is 0. The minimum Gasteiger partial charge on any atom is -0.491 e. The predicted octanol–water partition coefficient (Wildman–Crippen LogP) is 3.06. The molecular formula is C16H24O3. The van der Waals surface area contributed by atoms with E-state index in [1.807, 2.05) is 24.3 Å². The van der Waals surface area contributed by atoms with Gasteiger partial charge in [-0.25, -0.2) is 0 Å². The summed E-state index contributed by atoms with van der Waals surface area (Å²) < 4.78 is 5.58. The molecule has 0 saturated heterocycles. The van der Waals surface area contributed by atoms with Crippen LogP contribution in [-0.4, -0.2) is 22.9 Å². The van der Waals surface area contributed by atoms with Gasteiger partial charge < -0.3 is 14.9 Å². The second-order valence-corrected chi connectivity index (χ2v) is 5.60. The molecule has 2 atom stereocenters. The van der Waals surface area contributed by atoms with Gasteiger partial charge in [-0.1, -0.05) is 37.8 Å². The highest BCUT2D eigenvalue weighted by Crippen LogP contribution is 2.28. The predicted molar refractivity (Wildman–Crippen MR) is 75.2 cm³/mol. The third kappa shape index (κ3) is 4.51. The first kappa shape index (κ1) is 14.4. The van der Waals surface area contributed by atoms with Crippen LogP contribution in [0.2, 0.25) is 0 Å². The van der Waals surface area contributed by atoms with Crippen molar-refractivity contribution in [3.63, 3.8) is 0 Å². The van der Waals surface area contributed by atoms with Crippen molar-refractivity contribution >= 4 is 0 Å². The fourth-order valence-electron chi connectivity index (χ4n) is 2.73. The van der Waals surface area contributed by atoms with Gasteiger partial charge in [0.05, 0.1) is 12.2 Å². The SMILES string of the molecule is C[C@H](O)c1ccc(OCC(O)CC2CCCC2)cc1. The summed E-state index contributed by atoms with van der Waals surface area (Å²) in [6, 6.07) is 7.38. The van der Waals surface area contributed by atoms with E-state index in [4.69, 9.17) is 4.74 Å². The van der Waals surface area contributed by atoms with Crippen LogP contribution in [0.25, 0.3) is 0 Å². The molecule has 2 rings (SSSR count). The number of benzene rings is 1. The molecule has 1 aromatic rings. The Hall–Kier alpha value is -1.06. The molecule has 3 heteroatoms. The largest absolute Gasteiger partial charge is 0.491 e. The number of hydrogen-bond donors (Lipinski definition) is 2. The molecule has 19 heavy (non-hydrogen) atoms. The monoisotopic (exact) mass is 264 g/mol. The Bertz CT molecular complexity index is 366. The second-order valence-electron chi connectivity index (χ2n) is 5.60. The number of aliphatic hydroxyl groups is 2. The average Bonchev–Trinajstić information content (AvgIpc) is 2.89. The zero-order chi connectivity index (χ0) is 13.7. The van der Waals surface area contributed by atoms with Gasteiger partial charge >= 0.3 is 0 Å². The lowest BCUT2D eigenvalue weighted by atomic mass is 10.0. The quantitative estimate of drug-likeness (QED) is 0.830. The molecule has 0 heterocycles. The van der Waals surface area contributed by atoms with Gasteiger partial charge in [0.15, 0.2) is 0 Å². The molecular weight excluding hydrogens is 240 g/mol. The van der Waals surface area contributed by atoms with Gasteiger partial charge in [0, 0.05) is 0 Å². The molecule has 1 aromatic carbocycles. The Labute approximate surface area is 115 Å². The van der Waals surface area contributed by atoms with Crippen molar-refractivity contribution in [2.75, 3.05) is 6.61 Å². The third-order valence-electron chi connectivity index (χ3n) is 3.89. The molecule has 0 amide bonds. The van der Waals surface area contributed by atoms with Crippen LogP contribution < -0.4 is 4.74 Å². The molecule has 0 aliphatic heterocycles. The Morgan fingerprint density at radius 1 is 1.16 bits per heavy atom. The van der Waals surface area contributed by atoms with Crippen molar-refractivity contribution in [3.8, 4) is 5.75 Å². The van der Waals surface area contributed by atoms with E-state index in [-0.39, 0.29) is 6.10 Å². The lowest BCUT2D eigenvalue weighted by Crippen LogP contribution is -2.20. The molecule has 0 radical (unpaired) electrons. The van der Waals surface area contributed by atoms with Crippen molar-refractivity contribution in [1.82, 2.24) is 0 Å². The van der Waals surface area contributed by atoms with E-state index in [1.165, 1.54) is 25.7 Å². The van der Waals surface area contributed by atoms with Crippen LogP contribution in [0.4, 0.5) is 0 Å². The molecule has 0 spiro atoms. The van der Waals surface area contributed by atoms with Crippen molar-refractivity contribution in [2.24, 2.45) is 5.92 Å². The molecule has 1 saturated carbocycles. The maximum absolute atomic E-state index is 9.95. The first-order chi connectivity index (χ1) is 9.15. The lowest BCUT2D eigenvalue weighted by Gasteiger charge is -2.16. The Morgan fingerprint density at radius 2 is 1.79 bits per heavy atom. The van der Waals surface area contributed by atoms with Gasteiger partial charge in [0.2, 0.25) is 0 Å².